The van der Waals surface area contributed by atoms with Crippen molar-refractivity contribution >= 4 is 29.7 Å². The van der Waals surface area contributed by atoms with Crippen LogP contribution in [0.2, 0.25) is 0 Å². The van der Waals surface area contributed by atoms with Gasteiger partial charge in [-0.25, -0.2) is 8.78 Å². The van der Waals surface area contributed by atoms with Crippen LogP contribution in [0.1, 0.15) is 43.2 Å². The number of nitrogens with zero attached hydrogens (tertiary/aromatic N) is 5. The van der Waals surface area contributed by atoms with E-state index in [0.717, 1.165) is 41.6 Å². The van der Waals surface area contributed by atoms with Gasteiger partial charge in [0.2, 0.25) is 0 Å². The number of hydrogen-bond acceptors (Lipinski definition) is 7. The minimum absolute atomic E-state index is 0.0410. The Hall–Kier alpha value is -4.12. The maximum atomic E-state index is 14.4. The number of carbonyl (C=O) groups is 1. The summed E-state index contributed by atoms with van der Waals surface area (Å²) in [7, 11) is 0. The first kappa shape index (κ1) is 27.9. The quantitative estimate of drug-likeness (QED) is 0.331. The van der Waals surface area contributed by atoms with Gasteiger partial charge in [0.25, 0.3) is 11.5 Å². The number of para-hydroxylation sites is 1. The Bertz CT molecular complexity index is 1430. The lowest BCUT2D eigenvalue weighted by molar-refractivity contribution is 0.102. The van der Waals surface area contributed by atoms with E-state index in [-0.39, 0.29) is 23.7 Å². The predicted molar refractivity (Wildman–Crippen MR) is 150 cm³/mol. The lowest BCUT2D eigenvalue weighted by Gasteiger charge is -2.31. The van der Waals surface area contributed by atoms with Crippen molar-refractivity contribution in [2.45, 2.75) is 46.2 Å². The van der Waals surface area contributed by atoms with Crippen LogP contribution in [-0.2, 0) is 0 Å². The molecule has 3 atom stereocenters. The maximum Gasteiger partial charge on any atom is 0.276 e. The van der Waals surface area contributed by atoms with Gasteiger partial charge in [0.05, 0.1) is 17.1 Å². The summed E-state index contributed by atoms with van der Waals surface area (Å²) in [6, 6.07) is 9.15. The minimum atomic E-state index is -0.975. The number of amides is 1. The number of nitrogens with one attached hydrogen (secondary N) is 1. The van der Waals surface area contributed by atoms with Gasteiger partial charge in [0.1, 0.15) is 11.4 Å². The van der Waals surface area contributed by atoms with E-state index in [2.05, 4.69) is 47.9 Å². The smallest absolute Gasteiger partial charge is 0.276 e. The van der Waals surface area contributed by atoms with Crippen molar-refractivity contribution in [3.8, 4) is 5.69 Å². The molecule has 2 aromatic carbocycles. The predicted octanol–water partition coefficient (Wildman–Crippen LogP) is 4.08. The van der Waals surface area contributed by atoms with E-state index < -0.39 is 28.8 Å². The Morgan fingerprint density at radius 2 is 1.90 bits per heavy atom. The molecule has 3 N–H and O–H groups in total. The van der Waals surface area contributed by atoms with Gasteiger partial charge in [-0.05, 0) is 62.1 Å². The van der Waals surface area contributed by atoms with Gasteiger partial charge < -0.3 is 16.0 Å². The van der Waals surface area contributed by atoms with Gasteiger partial charge in [-0.15, -0.1) is 0 Å². The molecule has 4 rings (SSSR count). The third kappa shape index (κ3) is 5.40. The molecule has 0 aliphatic carbocycles. The molecule has 0 unspecified atom stereocenters. The van der Waals surface area contributed by atoms with Crippen LogP contribution in [0.5, 0.6) is 0 Å². The molecule has 1 fully saturated rings. The Balaban J connectivity index is 1.76. The van der Waals surface area contributed by atoms with Gasteiger partial charge in [-0.3, -0.25) is 14.6 Å². The highest BCUT2D eigenvalue weighted by atomic mass is 19.1. The highest BCUT2D eigenvalue weighted by Crippen LogP contribution is 2.39. The zero-order chi connectivity index (χ0) is 28.4. The number of rotatable bonds is 8. The van der Waals surface area contributed by atoms with Gasteiger partial charge >= 0.3 is 0 Å². The number of benzene rings is 2. The fourth-order valence-electron chi connectivity index (χ4n) is 4.82. The Morgan fingerprint density at radius 1 is 1.21 bits per heavy atom. The molecule has 39 heavy (non-hydrogen) atoms. The summed E-state index contributed by atoms with van der Waals surface area (Å²) in [5.74, 6) is -2.36. The molecule has 2 heterocycles. The average Bonchev–Trinajstić information content (AvgIpc) is 3.23. The van der Waals surface area contributed by atoms with Crippen molar-refractivity contribution in [3.63, 3.8) is 0 Å². The molecule has 9 nitrogen and oxygen atoms in total. The van der Waals surface area contributed by atoms with Crippen LogP contribution in [-0.4, -0.2) is 47.6 Å². The van der Waals surface area contributed by atoms with Gasteiger partial charge in [0, 0.05) is 38.0 Å². The average molecular weight is 538 g/mol. The summed E-state index contributed by atoms with van der Waals surface area (Å²) in [4.78, 5) is 27.9. The summed E-state index contributed by atoms with van der Waals surface area (Å²) in [5.41, 5.74) is 7.73. The first-order valence-electron chi connectivity index (χ1n) is 12.8. The van der Waals surface area contributed by atoms with Crippen molar-refractivity contribution < 1.29 is 13.6 Å². The summed E-state index contributed by atoms with van der Waals surface area (Å²) in [6.45, 7) is 13.2. The molecule has 206 valence electrons. The number of carbonyl (C=O) groups excluding carboxylic acids is 1. The van der Waals surface area contributed by atoms with E-state index in [0.29, 0.717) is 23.5 Å². The van der Waals surface area contributed by atoms with Gasteiger partial charge in [-0.1, -0.05) is 19.9 Å². The Kier molecular flexibility index (Phi) is 8.10. The number of hydrogen-bond donors (Lipinski definition) is 2. The van der Waals surface area contributed by atoms with E-state index in [1.807, 2.05) is 18.0 Å². The number of nitrogens with two attached hydrogens (primary N) is 1. The molecule has 0 saturated carbocycles. The normalized spacial score (nSPS) is 17.7. The standard InChI is InChI=1S/C28H33F2N7O2/c1-6-17(3)36(32-5)24-12-10-22(26(18(24)4)35-14-16(2)21(31)15-35)33-28(39)23-11-13-25(38)37(34-23)27-19(29)8-7-9-20(27)30/h7-13,16-17,21H,5-6,14-15,31H2,1-4H3,(H,33,39)/t16-,17-,21+/m1/s1. The second-order valence-electron chi connectivity index (χ2n) is 9.89. The summed E-state index contributed by atoms with van der Waals surface area (Å²) in [5, 5.41) is 12.9. The van der Waals surface area contributed by atoms with Crippen LogP contribution in [0.15, 0.2) is 52.4 Å². The number of aromatic nitrogens is 2. The van der Waals surface area contributed by atoms with E-state index in [4.69, 9.17) is 5.73 Å². The van der Waals surface area contributed by atoms with E-state index >= 15 is 0 Å². The lowest BCUT2D eigenvalue weighted by Crippen LogP contribution is -2.31. The van der Waals surface area contributed by atoms with Gasteiger partial charge in [-0.2, -0.15) is 14.9 Å². The second kappa shape index (κ2) is 11.3. The van der Waals surface area contributed by atoms with Crippen molar-refractivity contribution in [2.24, 2.45) is 16.8 Å². The first-order valence-corrected chi connectivity index (χ1v) is 12.8. The molecule has 0 bridgehead atoms. The SMILES string of the molecule is C=NN(c1ccc(NC(=O)c2ccc(=O)n(-c3c(F)cccc3F)n2)c(N2C[C@@H](C)[C@@H](N)C2)c1C)[C@H](C)CC. The molecule has 3 aromatic rings. The van der Waals surface area contributed by atoms with Crippen LogP contribution in [0.25, 0.3) is 5.69 Å². The fraction of sp³-hybridized carbons (Fsp3) is 0.357. The van der Waals surface area contributed by atoms with E-state index in [1.54, 1.807) is 6.07 Å². The maximum absolute atomic E-state index is 14.4. The molecule has 1 amide bonds. The van der Waals surface area contributed by atoms with E-state index in [1.165, 1.54) is 12.1 Å². The molecule has 11 heteroatoms. The fourth-order valence-corrected chi connectivity index (χ4v) is 4.82. The Morgan fingerprint density at radius 3 is 2.49 bits per heavy atom. The Labute approximate surface area is 225 Å². The number of halogens is 2. The third-order valence-corrected chi connectivity index (χ3v) is 7.23. The van der Waals surface area contributed by atoms with Gasteiger partial charge in [0.15, 0.2) is 11.6 Å². The first-order chi connectivity index (χ1) is 18.6. The van der Waals surface area contributed by atoms with Crippen molar-refractivity contribution in [1.82, 2.24) is 9.78 Å². The largest absolute Gasteiger partial charge is 0.368 e. The van der Waals surface area contributed by atoms with Crippen LogP contribution in [0, 0.1) is 24.5 Å². The monoisotopic (exact) mass is 537 g/mol. The molecule has 1 aromatic heterocycles. The van der Waals surface area contributed by atoms with Crippen LogP contribution in [0.3, 0.4) is 0 Å². The molecule has 0 spiro atoms. The number of anilines is 3. The summed E-state index contributed by atoms with van der Waals surface area (Å²) in [6.07, 6.45) is 0.849. The van der Waals surface area contributed by atoms with E-state index in [9.17, 15) is 18.4 Å². The van der Waals surface area contributed by atoms with Crippen LogP contribution in [0.4, 0.5) is 25.8 Å². The topological polar surface area (TPSA) is 109 Å². The molecule has 1 aliphatic rings. The number of hydrazone groups is 1. The molecule has 0 radical (unpaired) electrons. The van der Waals surface area contributed by atoms with Crippen LogP contribution < -0.4 is 26.5 Å². The molecular weight excluding hydrogens is 504 g/mol. The summed E-state index contributed by atoms with van der Waals surface area (Å²) >= 11 is 0. The lowest BCUT2D eigenvalue weighted by atomic mass is 10.1. The van der Waals surface area contributed by atoms with Crippen molar-refractivity contribution in [3.05, 3.63) is 75.7 Å². The molecular formula is C28H33F2N7O2. The zero-order valence-corrected chi connectivity index (χ0v) is 22.5. The van der Waals surface area contributed by atoms with Crippen molar-refractivity contribution in [2.75, 3.05) is 28.3 Å². The molecule has 1 saturated heterocycles. The van der Waals surface area contributed by atoms with Crippen LogP contribution >= 0.6 is 0 Å². The highest BCUT2D eigenvalue weighted by Gasteiger charge is 2.31. The summed E-state index contributed by atoms with van der Waals surface area (Å²) < 4.78 is 29.3. The third-order valence-electron chi connectivity index (χ3n) is 7.23. The molecule has 1 aliphatic heterocycles. The minimum Gasteiger partial charge on any atom is -0.368 e. The highest BCUT2D eigenvalue weighted by molar-refractivity contribution is 6.05. The zero-order valence-electron chi connectivity index (χ0n) is 22.5. The second-order valence-corrected chi connectivity index (χ2v) is 9.89. The van der Waals surface area contributed by atoms with Crippen molar-refractivity contribution in [1.29, 1.82) is 0 Å².